The maximum absolute atomic E-state index is 12.9. The topological polar surface area (TPSA) is 49.4 Å². The van der Waals surface area contributed by atoms with E-state index in [2.05, 4.69) is 24.1 Å². The van der Waals surface area contributed by atoms with Crippen molar-refractivity contribution in [2.45, 2.75) is 77.0 Å². The number of amides is 1. The highest BCUT2D eigenvalue weighted by molar-refractivity contribution is 7.84. The summed E-state index contributed by atoms with van der Waals surface area (Å²) in [7, 11) is -0.790. The number of carbonyl (C=O) groups excluding carboxylic acids is 1. The molecule has 1 heterocycles. The van der Waals surface area contributed by atoms with Crippen molar-refractivity contribution in [1.29, 1.82) is 0 Å². The van der Waals surface area contributed by atoms with E-state index in [1.807, 2.05) is 6.92 Å². The third kappa shape index (κ3) is 3.50. The van der Waals surface area contributed by atoms with Gasteiger partial charge in [0, 0.05) is 28.9 Å². The first-order valence-corrected chi connectivity index (χ1v) is 10.0. The highest BCUT2D eigenvalue weighted by atomic mass is 32.2. The second-order valence-corrected chi connectivity index (χ2v) is 8.50. The minimum Gasteiger partial charge on any atom is -0.323 e. The fraction of sp³-hybridized carbons (Fsp3) is 0.938. The van der Waals surface area contributed by atoms with Crippen molar-refractivity contribution < 1.29 is 9.00 Å². The summed E-state index contributed by atoms with van der Waals surface area (Å²) in [5.41, 5.74) is -0.424. The van der Waals surface area contributed by atoms with Crippen LogP contribution in [0.5, 0.6) is 0 Å². The van der Waals surface area contributed by atoms with Crippen LogP contribution in [0.3, 0.4) is 0 Å². The molecule has 0 aromatic carbocycles. The molecule has 21 heavy (non-hydrogen) atoms. The van der Waals surface area contributed by atoms with E-state index >= 15 is 0 Å². The van der Waals surface area contributed by atoms with Gasteiger partial charge in [-0.05, 0) is 45.4 Å². The van der Waals surface area contributed by atoms with E-state index in [1.165, 1.54) is 25.7 Å². The van der Waals surface area contributed by atoms with Gasteiger partial charge in [0.15, 0.2) is 0 Å². The molecule has 1 saturated carbocycles. The Morgan fingerprint density at radius 3 is 2.57 bits per heavy atom. The molecule has 0 aromatic rings. The summed E-state index contributed by atoms with van der Waals surface area (Å²) >= 11 is 0. The van der Waals surface area contributed by atoms with Crippen LogP contribution in [0.2, 0.25) is 0 Å². The predicted octanol–water partition coefficient (Wildman–Crippen LogP) is 2.26. The van der Waals surface area contributed by atoms with Crippen LogP contribution in [0, 0.1) is 5.92 Å². The van der Waals surface area contributed by atoms with Crippen molar-refractivity contribution in [2.75, 3.05) is 12.0 Å². The van der Waals surface area contributed by atoms with Crippen LogP contribution in [0.25, 0.3) is 0 Å². The Morgan fingerprint density at radius 1 is 1.43 bits per heavy atom. The molecule has 4 unspecified atom stereocenters. The van der Waals surface area contributed by atoms with Crippen molar-refractivity contribution in [1.82, 2.24) is 10.2 Å². The number of hydrogen-bond acceptors (Lipinski definition) is 3. The summed E-state index contributed by atoms with van der Waals surface area (Å²) < 4.78 is 11.4. The Bertz CT molecular complexity index is 409. The molecule has 0 aromatic heterocycles. The van der Waals surface area contributed by atoms with Gasteiger partial charge in [0.25, 0.3) is 0 Å². The zero-order chi connectivity index (χ0) is 15.6. The number of nitrogens with zero attached hydrogens (tertiary/aromatic N) is 1. The number of nitrogens with one attached hydrogen (secondary N) is 1. The molecule has 2 fully saturated rings. The zero-order valence-electron chi connectivity index (χ0n) is 13.9. The van der Waals surface area contributed by atoms with Gasteiger partial charge < -0.3 is 4.90 Å². The molecule has 0 spiro atoms. The molecule has 1 aliphatic carbocycles. The fourth-order valence-corrected chi connectivity index (χ4v) is 4.36. The summed E-state index contributed by atoms with van der Waals surface area (Å²) in [4.78, 5) is 15.0. The lowest BCUT2D eigenvalue weighted by atomic mass is 9.99. The molecule has 1 aliphatic heterocycles. The molecule has 1 saturated heterocycles. The lowest BCUT2D eigenvalue weighted by Crippen LogP contribution is -2.47. The fourth-order valence-electron chi connectivity index (χ4n) is 3.69. The van der Waals surface area contributed by atoms with Gasteiger partial charge in [0.1, 0.15) is 0 Å². The Hall–Kier alpha value is -0.420. The van der Waals surface area contributed by atoms with Gasteiger partial charge in [-0.25, -0.2) is 0 Å². The largest absolute Gasteiger partial charge is 0.323 e. The molecule has 0 bridgehead atoms. The third-order valence-electron chi connectivity index (χ3n) is 5.32. The first-order valence-electron chi connectivity index (χ1n) is 8.29. The Balaban J connectivity index is 2.15. The Kier molecular flexibility index (Phi) is 5.47. The number of carbonyl (C=O) groups is 1. The maximum atomic E-state index is 12.9. The molecular formula is C16H30N2O2S. The van der Waals surface area contributed by atoms with Crippen LogP contribution >= 0.6 is 0 Å². The molecule has 122 valence electrons. The van der Waals surface area contributed by atoms with Crippen molar-refractivity contribution in [3.63, 3.8) is 0 Å². The zero-order valence-corrected chi connectivity index (χ0v) is 14.7. The molecule has 1 N–H and O–H groups in total. The normalized spacial score (nSPS) is 33.6. The lowest BCUT2D eigenvalue weighted by molar-refractivity contribution is -0.135. The van der Waals surface area contributed by atoms with Crippen LogP contribution in [0.1, 0.15) is 59.3 Å². The molecule has 0 radical (unpaired) electrons. The monoisotopic (exact) mass is 314 g/mol. The highest BCUT2D eigenvalue weighted by Crippen LogP contribution is 2.36. The average molecular weight is 314 g/mol. The summed E-state index contributed by atoms with van der Waals surface area (Å²) in [6.45, 7) is 6.21. The van der Waals surface area contributed by atoms with Gasteiger partial charge in [0.2, 0.25) is 5.91 Å². The van der Waals surface area contributed by atoms with Gasteiger partial charge in [0.05, 0.1) is 11.7 Å². The SMILES string of the molecule is CCC1(C)NC(C2CCCC2)N(C(C)CCS(C)=O)C1=O. The van der Waals surface area contributed by atoms with Gasteiger partial charge in [-0.1, -0.05) is 19.8 Å². The molecule has 4 atom stereocenters. The second kappa shape index (κ2) is 6.78. The second-order valence-electron chi connectivity index (χ2n) is 6.95. The van der Waals surface area contributed by atoms with Gasteiger partial charge in [-0.3, -0.25) is 14.3 Å². The van der Waals surface area contributed by atoms with E-state index in [9.17, 15) is 9.00 Å². The van der Waals surface area contributed by atoms with Crippen molar-refractivity contribution in [2.24, 2.45) is 5.92 Å². The Morgan fingerprint density at radius 2 is 2.05 bits per heavy atom. The summed E-state index contributed by atoms with van der Waals surface area (Å²) in [6, 6.07) is 0.160. The minimum absolute atomic E-state index is 0.160. The van der Waals surface area contributed by atoms with Crippen molar-refractivity contribution in [3.8, 4) is 0 Å². The van der Waals surface area contributed by atoms with Gasteiger partial charge in [-0.15, -0.1) is 0 Å². The van der Waals surface area contributed by atoms with Gasteiger partial charge >= 0.3 is 0 Å². The van der Waals surface area contributed by atoms with Crippen molar-refractivity contribution in [3.05, 3.63) is 0 Å². The van der Waals surface area contributed by atoms with E-state index in [-0.39, 0.29) is 18.1 Å². The summed E-state index contributed by atoms with van der Waals surface area (Å²) in [6.07, 6.45) is 8.54. The lowest BCUT2D eigenvalue weighted by Gasteiger charge is -2.33. The van der Waals surface area contributed by atoms with E-state index in [0.29, 0.717) is 11.7 Å². The van der Waals surface area contributed by atoms with Crippen LogP contribution in [-0.4, -0.2) is 44.8 Å². The number of rotatable bonds is 6. The number of hydrogen-bond donors (Lipinski definition) is 1. The first-order chi connectivity index (χ1) is 9.89. The van der Waals surface area contributed by atoms with Crippen LogP contribution in [-0.2, 0) is 15.6 Å². The van der Waals surface area contributed by atoms with Crippen LogP contribution in [0.15, 0.2) is 0 Å². The van der Waals surface area contributed by atoms with E-state index < -0.39 is 16.3 Å². The van der Waals surface area contributed by atoms with E-state index in [0.717, 1.165) is 12.8 Å². The van der Waals surface area contributed by atoms with Gasteiger partial charge in [-0.2, -0.15) is 0 Å². The molecule has 2 rings (SSSR count). The predicted molar refractivity (Wildman–Crippen MR) is 87.4 cm³/mol. The van der Waals surface area contributed by atoms with E-state index in [4.69, 9.17) is 0 Å². The van der Waals surface area contributed by atoms with E-state index in [1.54, 1.807) is 6.26 Å². The standard InChI is InChI=1S/C16H30N2O2S/c1-5-16(3)15(19)18(12(2)10-11-21(4)20)14(17-16)13-8-6-7-9-13/h12-14,17H,5-11H2,1-4H3. The molecule has 5 heteroatoms. The summed E-state index contributed by atoms with van der Waals surface area (Å²) in [5.74, 6) is 1.48. The van der Waals surface area contributed by atoms with Crippen LogP contribution < -0.4 is 5.32 Å². The molecular weight excluding hydrogens is 284 g/mol. The minimum atomic E-state index is -0.790. The highest BCUT2D eigenvalue weighted by Gasteiger charge is 2.50. The van der Waals surface area contributed by atoms with Crippen LogP contribution in [0.4, 0.5) is 0 Å². The summed E-state index contributed by atoms with van der Waals surface area (Å²) in [5, 5.41) is 3.63. The first kappa shape index (κ1) is 16.9. The maximum Gasteiger partial charge on any atom is 0.244 e. The molecule has 1 amide bonds. The third-order valence-corrected chi connectivity index (χ3v) is 6.13. The average Bonchev–Trinajstić information content (AvgIpc) is 3.05. The quantitative estimate of drug-likeness (QED) is 0.818. The molecule has 4 nitrogen and oxygen atoms in total. The van der Waals surface area contributed by atoms with Crippen molar-refractivity contribution >= 4 is 16.7 Å². The molecule has 2 aliphatic rings. The smallest absolute Gasteiger partial charge is 0.244 e. The Labute approximate surface area is 131 Å².